The number of carbonyl (C=O) groups excluding carboxylic acids is 1. The van der Waals surface area contributed by atoms with E-state index in [-0.39, 0.29) is 13.3 Å². The first kappa shape index (κ1) is 28.8. The Morgan fingerprint density at radius 1 is 0.844 bits per heavy atom. The Balaban J connectivity index is 3.60. The molecule has 0 bridgehead atoms. The number of alkyl halides is 9. The first-order valence-corrected chi connectivity index (χ1v) is 9.49. The Labute approximate surface area is 177 Å². The summed E-state index contributed by atoms with van der Waals surface area (Å²) in [5.74, 6) is -7.12. The first-order valence-electron chi connectivity index (χ1n) is 9.49. The van der Waals surface area contributed by atoms with Gasteiger partial charge in [-0.2, -0.15) is 39.5 Å². The molecule has 1 fully saturated rings. The number of hydrogen-bond donors (Lipinski definition) is 3. The fraction of sp³-hybridized carbons (Fsp3) is 0.944. The van der Waals surface area contributed by atoms with Crippen LogP contribution in [0.3, 0.4) is 0 Å². The van der Waals surface area contributed by atoms with Crippen LogP contribution in [-0.2, 0) is 9.53 Å². The van der Waals surface area contributed by atoms with Crippen molar-refractivity contribution in [3.63, 3.8) is 0 Å². The van der Waals surface area contributed by atoms with Crippen LogP contribution in [0.2, 0.25) is 0 Å². The molecule has 0 aromatic carbocycles. The smallest absolute Gasteiger partial charge is 0.426 e. The van der Waals surface area contributed by atoms with E-state index >= 15 is 0 Å². The van der Waals surface area contributed by atoms with Crippen molar-refractivity contribution in [2.24, 2.45) is 17.3 Å². The molecule has 0 spiro atoms. The highest BCUT2D eigenvalue weighted by Crippen LogP contribution is 2.55. The molecule has 190 valence electrons. The van der Waals surface area contributed by atoms with E-state index in [4.69, 9.17) is 4.74 Å². The van der Waals surface area contributed by atoms with Gasteiger partial charge in [-0.15, -0.1) is 0 Å². The molecule has 32 heavy (non-hydrogen) atoms. The topological polar surface area (TPSA) is 87.0 Å². The molecule has 0 aromatic heterocycles. The predicted octanol–water partition coefficient (Wildman–Crippen LogP) is 3.89. The van der Waals surface area contributed by atoms with Gasteiger partial charge in [0.2, 0.25) is 0 Å². The molecule has 3 N–H and O–H groups in total. The maximum absolute atomic E-state index is 13.4. The van der Waals surface area contributed by atoms with E-state index in [2.05, 4.69) is 0 Å². The molecule has 1 saturated carbocycles. The lowest BCUT2D eigenvalue weighted by atomic mass is 9.64. The van der Waals surface area contributed by atoms with Gasteiger partial charge < -0.3 is 20.1 Å². The summed E-state index contributed by atoms with van der Waals surface area (Å²) in [5.41, 5.74) is -10.9. The van der Waals surface area contributed by atoms with Crippen LogP contribution >= 0.6 is 0 Å². The normalized spacial score (nSPS) is 28.2. The van der Waals surface area contributed by atoms with Gasteiger partial charge in [0.05, 0.1) is 11.5 Å². The number of aliphatic hydroxyl groups excluding tert-OH is 1. The lowest BCUT2D eigenvalue weighted by molar-refractivity contribution is -0.400. The van der Waals surface area contributed by atoms with Crippen LogP contribution in [0.25, 0.3) is 0 Å². The Morgan fingerprint density at radius 3 is 1.59 bits per heavy atom. The van der Waals surface area contributed by atoms with Gasteiger partial charge in [0.1, 0.15) is 6.10 Å². The van der Waals surface area contributed by atoms with E-state index in [0.29, 0.717) is 0 Å². The highest BCUT2D eigenvalue weighted by Gasteiger charge is 2.77. The Kier molecular flexibility index (Phi) is 7.63. The third kappa shape index (κ3) is 4.96. The fourth-order valence-corrected chi connectivity index (χ4v) is 3.54. The second-order valence-corrected chi connectivity index (χ2v) is 8.85. The van der Waals surface area contributed by atoms with Crippen molar-refractivity contribution in [3.05, 3.63) is 0 Å². The molecule has 14 heteroatoms. The number of ether oxygens (including phenoxy) is 1. The van der Waals surface area contributed by atoms with E-state index < -0.39 is 78.0 Å². The van der Waals surface area contributed by atoms with Crippen molar-refractivity contribution in [1.29, 1.82) is 0 Å². The summed E-state index contributed by atoms with van der Waals surface area (Å²) in [5, 5.41) is 29.8. The van der Waals surface area contributed by atoms with Gasteiger partial charge in [0.15, 0.2) is 5.60 Å². The van der Waals surface area contributed by atoms with Crippen molar-refractivity contribution >= 4 is 5.97 Å². The van der Waals surface area contributed by atoms with Crippen LogP contribution in [0.4, 0.5) is 39.5 Å². The maximum atomic E-state index is 13.4. The van der Waals surface area contributed by atoms with Crippen LogP contribution in [0.15, 0.2) is 0 Å². The van der Waals surface area contributed by atoms with Crippen molar-refractivity contribution in [1.82, 2.24) is 0 Å². The minimum absolute atomic E-state index is 0.0678. The second-order valence-electron chi connectivity index (χ2n) is 8.85. The van der Waals surface area contributed by atoms with Crippen LogP contribution in [-0.4, -0.2) is 63.2 Å². The molecule has 0 amide bonds. The largest absolute Gasteiger partial charge is 0.462 e. The highest BCUT2D eigenvalue weighted by atomic mass is 19.4. The maximum Gasteiger partial charge on any atom is 0.426 e. The summed E-state index contributed by atoms with van der Waals surface area (Å²) < 4.78 is 125. The van der Waals surface area contributed by atoms with Gasteiger partial charge in [-0.25, -0.2) is 0 Å². The molecule has 5 nitrogen and oxygen atoms in total. The number of halogens is 9. The summed E-state index contributed by atoms with van der Waals surface area (Å²) in [6, 6.07) is 0. The second kappa shape index (κ2) is 8.49. The molecule has 5 unspecified atom stereocenters. The third-order valence-electron chi connectivity index (χ3n) is 6.27. The summed E-state index contributed by atoms with van der Waals surface area (Å²) in [6.07, 6.45) is -26.0. The average molecular weight is 492 g/mol. The molecular weight excluding hydrogens is 467 g/mol. The number of carbonyl (C=O) groups is 1. The Hall–Kier alpha value is -1.28. The van der Waals surface area contributed by atoms with E-state index in [9.17, 15) is 59.6 Å². The highest BCUT2D eigenvalue weighted by molar-refractivity contribution is 5.76. The molecule has 0 saturated heterocycles. The molecule has 1 rings (SSSR count). The first-order chi connectivity index (χ1) is 13.9. The zero-order valence-corrected chi connectivity index (χ0v) is 17.5. The quantitative estimate of drug-likeness (QED) is 0.401. The summed E-state index contributed by atoms with van der Waals surface area (Å²) in [6.45, 7) is 4.24. The lowest BCUT2D eigenvalue weighted by Crippen LogP contribution is -2.69. The van der Waals surface area contributed by atoms with E-state index in [0.717, 1.165) is 0 Å². The minimum atomic E-state index is -6.46. The van der Waals surface area contributed by atoms with Crippen LogP contribution in [0, 0.1) is 17.3 Å². The number of hydrogen-bond acceptors (Lipinski definition) is 5. The molecule has 0 radical (unpaired) electrons. The van der Waals surface area contributed by atoms with Crippen molar-refractivity contribution in [2.45, 2.75) is 88.9 Å². The molecule has 0 aliphatic heterocycles. The zero-order valence-electron chi connectivity index (χ0n) is 17.5. The van der Waals surface area contributed by atoms with E-state index in [1.165, 1.54) is 20.8 Å². The predicted molar refractivity (Wildman–Crippen MR) is 89.9 cm³/mol. The molecule has 0 aromatic rings. The van der Waals surface area contributed by atoms with Gasteiger partial charge in [-0.05, 0) is 40.0 Å². The molecule has 1 aliphatic carbocycles. The van der Waals surface area contributed by atoms with E-state index in [1.807, 2.05) is 0 Å². The van der Waals surface area contributed by atoms with Gasteiger partial charge in [0.25, 0.3) is 5.60 Å². The number of rotatable bonds is 5. The Morgan fingerprint density at radius 2 is 1.25 bits per heavy atom. The monoisotopic (exact) mass is 492 g/mol. The molecular formula is C18H25F9O5. The number of aliphatic hydroxyl groups is 3. The third-order valence-corrected chi connectivity index (χ3v) is 6.27. The van der Waals surface area contributed by atoms with Gasteiger partial charge >= 0.3 is 24.5 Å². The van der Waals surface area contributed by atoms with Crippen molar-refractivity contribution < 1.29 is 64.4 Å². The molecule has 5 atom stereocenters. The molecule has 0 heterocycles. The average Bonchev–Trinajstić information content (AvgIpc) is 2.59. The summed E-state index contributed by atoms with van der Waals surface area (Å²) in [4.78, 5) is 12.3. The SMILES string of the molecule is CCC(C)(C)C(=O)OC1CC(C(C)(O)C(F)(F)F)C(O)C(C(O)(C(F)(F)F)C(F)(F)F)C1. The summed E-state index contributed by atoms with van der Waals surface area (Å²) in [7, 11) is 0. The lowest BCUT2D eigenvalue weighted by Gasteiger charge is -2.50. The van der Waals surface area contributed by atoms with Crippen LogP contribution in [0.1, 0.15) is 47.0 Å². The number of esters is 1. The molecule has 1 aliphatic rings. The standard InChI is InChI=1S/C18H25F9O5/c1-5-13(2,3)12(29)32-8-6-9(14(4,30)16(19,20)21)11(28)10(7-8)15(31,17(22,23)24)18(25,26)27/h8-11,28,30-31H,5-7H2,1-4H3. The summed E-state index contributed by atoms with van der Waals surface area (Å²) >= 11 is 0. The van der Waals surface area contributed by atoms with Crippen molar-refractivity contribution in [3.8, 4) is 0 Å². The van der Waals surface area contributed by atoms with Gasteiger partial charge in [0, 0.05) is 11.8 Å². The van der Waals surface area contributed by atoms with Crippen molar-refractivity contribution in [2.75, 3.05) is 0 Å². The van der Waals surface area contributed by atoms with Crippen LogP contribution < -0.4 is 0 Å². The van der Waals surface area contributed by atoms with E-state index in [1.54, 1.807) is 0 Å². The Bertz CT molecular complexity index is 668. The minimum Gasteiger partial charge on any atom is -0.462 e. The zero-order chi connectivity index (χ0) is 25.7. The van der Waals surface area contributed by atoms with Gasteiger partial charge in [-0.1, -0.05) is 6.92 Å². The van der Waals surface area contributed by atoms with Crippen LogP contribution in [0.5, 0.6) is 0 Å². The fourth-order valence-electron chi connectivity index (χ4n) is 3.54. The van der Waals surface area contributed by atoms with Gasteiger partial charge in [-0.3, -0.25) is 4.79 Å².